The summed E-state index contributed by atoms with van der Waals surface area (Å²) < 4.78 is 0. The third-order valence-electron chi connectivity index (χ3n) is 3.59. The van der Waals surface area contributed by atoms with Crippen LogP contribution in [0.3, 0.4) is 0 Å². The highest BCUT2D eigenvalue weighted by Gasteiger charge is 2.07. The van der Waals surface area contributed by atoms with Crippen molar-refractivity contribution >= 4 is 5.91 Å². The molecule has 100 valence electrons. The first kappa shape index (κ1) is 14.7. The molecule has 0 aliphatic rings. The van der Waals surface area contributed by atoms with Crippen molar-refractivity contribution < 1.29 is 4.79 Å². The van der Waals surface area contributed by atoms with Gasteiger partial charge in [0.25, 0.3) is 5.91 Å². The van der Waals surface area contributed by atoms with Gasteiger partial charge in [0.2, 0.25) is 0 Å². The van der Waals surface area contributed by atoms with E-state index in [1.807, 2.05) is 18.2 Å². The van der Waals surface area contributed by atoms with Crippen LogP contribution < -0.4 is 5.32 Å². The van der Waals surface area contributed by atoms with Crippen LogP contribution in [0, 0.1) is 5.92 Å². The maximum absolute atomic E-state index is 12.0. The van der Waals surface area contributed by atoms with E-state index in [1.165, 1.54) is 18.4 Å². The Morgan fingerprint density at radius 1 is 1.22 bits per heavy atom. The van der Waals surface area contributed by atoms with E-state index in [0.29, 0.717) is 0 Å². The molecule has 0 spiro atoms. The lowest BCUT2D eigenvalue weighted by atomic mass is 9.99. The van der Waals surface area contributed by atoms with Crippen molar-refractivity contribution in [1.82, 2.24) is 5.32 Å². The lowest BCUT2D eigenvalue weighted by molar-refractivity contribution is 0.0951. The van der Waals surface area contributed by atoms with Gasteiger partial charge in [-0.05, 0) is 36.5 Å². The highest BCUT2D eigenvalue weighted by Crippen LogP contribution is 2.11. The summed E-state index contributed by atoms with van der Waals surface area (Å²) in [6.07, 6.45) is 4.43. The van der Waals surface area contributed by atoms with Gasteiger partial charge in [0.05, 0.1) is 0 Å². The second-order valence-corrected chi connectivity index (χ2v) is 4.78. The van der Waals surface area contributed by atoms with Crippen molar-refractivity contribution in [3.63, 3.8) is 0 Å². The zero-order valence-corrected chi connectivity index (χ0v) is 11.8. The molecule has 0 aromatic heterocycles. The second-order valence-electron chi connectivity index (χ2n) is 4.78. The van der Waals surface area contributed by atoms with E-state index in [0.717, 1.165) is 30.9 Å². The fourth-order valence-corrected chi connectivity index (χ4v) is 2.12. The molecule has 18 heavy (non-hydrogen) atoms. The number of hydrogen-bond acceptors (Lipinski definition) is 1. The molecule has 0 saturated carbocycles. The lowest BCUT2D eigenvalue weighted by Gasteiger charge is -2.12. The summed E-state index contributed by atoms with van der Waals surface area (Å²) in [5.41, 5.74) is 1.99. The third-order valence-corrected chi connectivity index (χ3v) is 3.59. The Morgan fingerprint density at radius 2 is 1.94 bits per heavy atom. The summed E-state index contributed by atoms with van der Waals surface area (Å²) in [5.74, 6) is 0.781. The molecule has 0 unspecified atom stereocenters. The number of rotatable bonds is 7. The Kier molecular flexibility index (Phi) is 6.48. The quantitative estimate of drug-likeness (QED) is 0.780. The predicted molar refractivity (Wildman–Crippen MR) is 76.8 cm³/mol. The van der Waals surface area contributed by atoms with Crippen LogP contribution in [-0.4, -0.2) is 12.5 Å². The fraction of sp³-hybridized carbons (Fsp3) is 0.562. The second kappa shape index (κ2) is 7.91. The molecule has 2 nitrogen and oxygen atoms in total. The highest BCUT2D eigenvalue weighted by molar-refractivity contribution is 5.94. The van der Waals surface area contributed by atoms with Crippen molar-refractivity contribution in [3.05, 3.63) is 35.4 Å². The maximum Gasteiger partial charge on any atom is 0.251 e. The Bertz CT molecular complexity index is 369. The van der Waals surface area contributed by atoms with Gasteiger partial charge >= 0.3 is 0 Å². The van der Waals surface area contributed by atoms with E-state index in [9.17, 15) is 4.79 Å². The van der Waals surface area contributed by atoms with Crippen LogP contribution in [0.1, 0.15) is 56.0 Å². The maximum atomic E-state index is 12.0. The van der Waals surface area contributed by atoms with Crippen LogP contribution in [0.5, 0.6) is 0 Å². The van der Waals surface area contributed by atoms with Crippen molar-refractivity contribution in [1.29, 1.82) is 0 Å². The van der Waals surface area contributed by atoms with Gasteiger partial charge in [-0.25, -0.2) is 0 Å². The normalized spacial score (nSPS) is 10.7. The van der Waals surface area contributed by atoms with Gasteiger partial charge in [0.15, 0.2) is 0 Å². The molecule has 1 amide bonds. The number of aryl methyl sites for hydroxylation is 1. The zero-order valence-electron chi connectivity index (χ0n) is 11.8. The van der Waals surface area contributed by atoms with Gasteiger partial charge in [0.1, 0.15) is 0 Å². The molecular weight excluding hydrogens is 222 g/mol. The monoisotopic (exact) mass is 247 g/mol. The molecule has 0 aliphatic carbocycles. The van der Waals surface area contributed by atoms with Crippen molar-refractivity contribution in [2.24, 2.45) is 5.92 Å². The van der Waals surface area contributed by atoms with Gasteiger partial charge in [-0.1, -0.05) is 45.7 Å². The first-order valence-electron chi connectivity index (χ1n) is 7.08. The zero-order chi connectivity index (χ0) is 13.4. The van der Waals surface area contributed by atoms with Gasteiger partial charge < -0.3 is 5.32 Å². The largest absolute Gasteiger partial charge is 0.352 e. The summed E-state index contributed by atoms with van der Waals surface area (Å²) in [6.45, 7) is 7.30. The molecule has 2 heteroatoms. The molecule has 0 radical (unpaired) electrons. The van der Waals surface area contributed by atoms with Crippen LogP contribution in [0.15, 0.2) is 24.3 Å². The number of hydrogen-bond donors (Lipinski definition) is 1. The molecular formula is C16H25NO. The topological polar surface area (TPSA) is 29.1 Å². The summed E-state index contributed by atoms with van der Waals surface area (Å²) in [5, 5.41) is 3.01. The van der Waals surface area contributed by atoms with Crippen LogP contribution in [0.25, 0.3) is 0 Å². The van der Waals surface area contributed by atoms with E-state index in [4.69, 9.17) is 0 Å². The number of carbonyl (C=O) groups is 1. The lowest BCUT2D eigenvalue weighted by Crippen LogP contribution is -2.25. The predicted octanol–water partition coefficient (Wildman–Crippen LogP) is 3.81. The summed E-state index contributed by atoms with van der Waals surface area (Å²) in [4.78, 5) is 12.0. The Labute approximate surface area is 111 Å². The molecule has 0 saturated heterocycles. The van der Waals surface area contributed by atoms with Crippen LogP contribution in [0.2, 0.25) is 0 Å². The van der Waals surface area contributed by atoms with Crippen LogP contribution >= 0.6 is 0 Å². The van der Waals surface area contributed by atoms with E-state index in [2.05, 4.69) is 32.2 Å². The Balaban J connectivity index is 2.45. The molecule has 1 rings (SSSR count). The Morgan fingerprint density at radius 3 is 2.56 bits per heavy atom. The van der Waals surface area contributed by atoms with E-state index in [-0.39, 0.29) is 5.91 Å². The van der Waals surface area contributed by atoms with E-state index < -0.39 is 0 Å². The molecule has 0 aliphatic heterocycles. The first-order valence-corrected chi connectivity index (χ1v) is 7.08. The number of amides is 1. The van der Waals surface area contributed by atoms with E-state index in [1.54, 1.807) is 0 Å². The highest BCUT2D eigenvalue weighted by atomic mass is 16.1. The number of benzene rings is 1. The van der Waals surface area contributed by atoms with Gasteiger partial charge in [-0.3, -0.25) is 4.79 Å². The van der Waals surface area contributed by atoms with E-state index >= 15 is 0 Å². The summed E-state index contributed by atoms with van der Waals surface area (Å²) >= 11 is 0. The van der Waals surface area contributed by atoms with Crippen molar-refractivity contribution in [2.45, 2.75) is 46.5 Å². The molecule has 0 heterocycles. The molecule has 0 bridgehead atoms. The first-order chi connectivity index (χ1) is 8.71. The third kappa shape index (κ3) is 4.52. The fourth-order valence-electron chi connectivity index (χ4n) is 2.12. The molecule has 1 aromatic rings. The standard InChI is InChI=1S/C16H25NO/c1-4-13(5-2)10-11-17-16(18)15-9-7-8-14(6-3)12-15/h7-9,12-13H,4-6,10-11H2,1-3H3,(H,17,18). The average molecular weight is 247 g/mol. The molecule has 1 aromatic carbocycles. The number of nitrogens with one attached hydrogen (secondary N) is 1. The Hall–Kier alpha value is -1.31. The van der Waals surface area contributed by atoms with Crippen LogP contribution in [0.4, 0.5) is 0 Å². The van der Waals surface area contributed by atoms with Crippen molar-refractivity contribution in [2.75, 3.05) is 6.54 Å². The van der Waals surface area contributed by atoms with Crippen molar-refractivity contribution in [3.8, 4) is 0 Å². The van der Waals surface area contributed by atoms with Crippen LogP contribution in [-0.2, 0) is 6.42 Å². The minimum Gasteiger partial charge on any atom is -0.352 e. The SMILES string of the molecule is CCc1cccc(C(=O)NCCC(CC)CC)c1. The summed E-state index contributed by atoms with van der Waals surface area (Å²) in [7, 11) is 0. The smallest absolute Gasteiger partial charge is 0.251 e. The van der Waals surface area contributed by atoms with Gasteiger partial charge in [-0.15, -0.1) is 0 Å². The molecule has 1 N–H and O–H groups in total. The number of carbonyl (C=O) groups excluding carboxylic acids is 1. The minimum absolute atomic E-state index is 0.0521. The minimum atomic E-state index is 0.0521. The average Bonchev–Trinajstić information content (AvgIpc) is 2.43. The molecule has 0 fully saturated rings. The molecule has 0 atom stereocenters. The van der Waals surface area contributed by atoms with Gasteiger partial charge in [-0.2, -0.15) is 0 Å². The van der Waals surface area contributed by atoms with Gasteiger partial charge in [0, 0.05) is 12.1 Å². The summed E-state index contributed by atoms with van der Waals surface area (Å²) in [6, 6.07) is 7.87.